The number of rotatable bonds is 9. The first-order chi connectivity index (χ1) is 14.3. The van der Waals surface area contributed by atoms with E-state index < -0.39 is 16.1 Å². The van der Waals surface area contributed by atoms with Crippen LogP contribution in [-0.4, -0.2) is 39.6 Å². The van der Waals surface area contributed by atoms with Crippen molar-refractivity contribution < 1.29 is 8.42 Å². The van der Waals surface area contributed by atoms with Crippen LogP contribution in [0.5, 0.6) is 0 Å². The maximum atomic E-state index is 13.0. The zero-order valence-electron chi connectivity index (χ0n) is 17.2. The van der Waals surface area contributed by atoms with E-state index in [4.69, 9.17) is 23.2 Å². The van der Waals surface area contributed by atoms with Crippen LogP contribution in [0.1, 0.15) is 43.7 Å². The lowest BCUT2D eigenvalue weighted by Gasteiger charge is -2.29. The van der Waals surface area contributed by atoms with E-state index in [0.29, 0.717) is 29.3 Å². The largest absolute Gasteiger partial charge is 0.302 e. The van der Waals surface area contributed by atoms with E-state index in [1.165, 1.54) is 32.1 Å². The average Bonchev–Trinajstić information content (AvgIpc) is 2.75. The number of benzene rings is 2. The summed E-state index contributed by atoms with van der Waals surface area (Å²) in [6.07, 6.45) is 6.25. The molecule has 0 saturated heterocycles. The van der Waals surface area contributed by atoms with Gasteiger partial charge in [-0.05, 0) is 49.7 Å². The third-order valence-electron chi connectivity index (χ3n) is 5.45. The summed E-state index contributed by atoms with van der Waals surface area (Å²) in [6, 6.07) is 13.7. The smallest absolute Gasteiger partial charge is 0.241 e. The lowest BCUT2D eigenvalue weighted by Crippen LogP contribution is -2.43. The third kappa shape index (κ3) is 6.67. The number of nitrogens with one attached hydrogen (secondary N) is 2. The fourth-order valence-corrected chi connectivity index (χ4v) is 5.31. The Hall–Kier alpha value is -1.15. The monoisotopic (exact) mass is 469 g/mol. The second-order valence-corrected chi connectivity index (χ2v) is 10.4. The first kappa shape index (κ1) is 23.5. The van der Waals surface area contributed by atoms with E-state index in [2.05, 4.69) is 14.9 Å². The van der Waals surface area contributed by atoms with Gasteiger partial charge in [0.05, 0.1) is 21.0 Å². The van der Waals surface area contributed by atoms with E-state index in [9.17, 15) is 8.42 Å². The molecule has 164 valence electrons. The molecule has 1 fully saturated rings. The zero-order valence-corrected chi connectivity index (χ0v) is 19.5. The number of likely N-dealkylation sites (N-methyl/N-ethyl adjacent to an activating group) is 1. The molecule has 2 aromatic rings. The van der Waals surface area contributed by atoms with E-state index in [1.54, 1.807) is 42.5 Å². The van der Waals surface area contributed by atoms with E-state index in [0.717, 1.165) is 5.56 Å². The Morgan fingerprint density at radius 3 is 2.40 bits per heavy atom. The van der Waals surface area contributed by atoms with Gasteiger partial charge in [-0.2, -0.15) is 0 Å². The summed E-state index contributed by atoms with van der Waals surface area (Å²) in [5.74, 6) is 0. The van der Waals surface area contributed by atoms with Crippen LogP contribution in [0.25, 0.3) is 0 Å². The second kappa shape index (κ2) is 10.9. The van der Waals surface area contributed by atoms with Crippen molar-refractivity contribution in [3.05, 3.63) is 64.1 Å². The highest BCUT2D eigenvalue weighted by atomic mass is 35.5. The number of halogens is 2. The summed E-state index contributed by atoms with van der Waals surface area (Å²) in [5.41, 5.74) is 0.772. The average molecular weight is 470 g/mol. The van der Waals surface area contributed by atoms with Crippen LogP contribution < -0.4 is 10.0 Å². The molecule has 0 aromatic heterocycles. The van der Waals surface area contributed by atoms with Gasteiger partial charge >= 0.3 is 0 Å². The van der Waals surface area contributed by atoms with Crippen molar-refractivity contribution in [2.45, 2.75) is 49.1 Å². The predicted molar refractivity (Wildman–Crippen MR) is 123 cm³/mol. The Morgan fingerprint density at radius 1 is 1.03 bits per heavy atom. The molecule has 1 unspecified atom stereocenters. The molecule has 0 radical (unpaired) electrons. The zero-order chi connectivity index (χ0) is 21.6. The lowest BCUT2D eigenvalue weighted by molar-refractivity contribution is 0.248. The molecule has 0 bridgehead atoms. The minimum absolute atomic E-state index is 0.234. The third-order valence-corrected chi connectivity index (χ3v) is 7.67. The van der Waals surface area contributed by atoms with E-state index >= 15 is 0 Å². The highest BCUT2D eigenvalue weighted by Gasteiger charge is 2.23. The predicted octanol–water partition coefficient (Wildman–Crippen LogP) is 4.82. The standard InChI is InChI=1S/C22H29Cl2N3O2S/c1-27(16-25-18-8-4-2-5-9-18)15-22(17-12-13-20(23)21(24)14-17)26-30(28,29)19-10-6-3-7-11-19/h3,6-7,10-14,18,22,25-26H,2,4-5,8-9,15-16H2,1H3. The fourth-order valence-electron chi connectivity index (χ4n) is 3.76. The number of hydrogen-bond donors (Lipinski definition) is 2. The van der Waals surface area contributed by atoms with Gasteiger partial charge in [-0.15, -0.1) is 0 Å². The van der Waals surface area contributed by atoms with Crippen molar-refractivity contribution in [3.63, 3.8) is 0 Å². The first-order valence-corrected chi connectivity index (χ1v) is 12.5. The van der Waals surface area contributed by atoms with Crippen LogP contribution in [-0.2, 0) is 10.0 Å². The molecule has 1 aliphatic carbocycles. The molecule has 0 amide bonds. The maximum absolute atomic E-state index is 13.0. The Morgan fingerprint density at radius 2 is 1.73 bits per heavy atom. The van der Waals surface area contributed by atoms with Crippen LogP contribution >= 0.6 is 23.2 Å². The van der Waals surface area contributed by atoms with Gasteiger partial charge in [-0.3, -0.25) is 4.90 Å². The second-order valence-electron chi connectivity index (χ2n) is 7.90. The summed E-state index contributed by atoms with van der Waals surface area (Å²) in [4.78, 5) is 2.33. The van der Waals surface area contributed by atoms with Crippen molar-refractivity contribution in [2.75, 3.05) is 20.3 Å². The van der Waals surface area contributed by atoms with Gasteiger partial charge in [0, 0.05) is 19.3 Å². The van der Waals surface area contributed by atoms with Gasteiger partial charge in [-0.25, -0.2) is 13.1 Å². The summed E-state index contributed by atoms with van der Waals surface area (Å²) in [6.45, 7) is 1.18. The van der Waals surface area contributed by atoms with Crippen LogP contribution in [0.3, 0.4) is 0 Å². The number of sulfonamides is 1. The molecule has 3 rings (SSSR count). The molecule has 0 spiro atoms. The van der Waals surface area contributed by atoms with E-state index in [-0.39, 0.29) is 4.90 Å². The maximum Gasteiger partial charge on any atom is 0.241 e. The van der Waals surface area contributed by atoms with Gasteiger partial charge < -0.3 is 5.32 Å². The fraction of sp³-hybridized carbons (Fsp3) is 0.455. The minimum atomic E-state index is -3.68. The Balaban J connectivity index is 1.74. The van der Waals surface area contributed by atoms with Gasteiger partial charge in [0.25, 0.3) is 0 Å². The topological polar surface area (TPSA) is 61.4 Å². The van der Waals surface area contributed by atoms with Gasteiger partial charge in [0.1, 0.15) is 0 Å². The van der Waals surface area contributed by atoms with Crippen molar-refractivity contribution in [3.8, 4) is 0 Å². The van der Waals surface area contributed by atoms with Crippen LogP contribution in [0, 0.1) is 0 Å². The minimum Gasteiger partial charge on any atom is -0.302 e. The molecular weight excluding hydrogens is 441 g/mol. The molecule has 5 nitrogen and oxygen atoms in total. The van der Waals surface area contributed by atoms with Crippen LogP contribution in [0.15, 0.2) is 53.4 Å². The van der Waals surface area contributed by atoms with Crippen molar-refractivity contribution >= 4 is 33.2 Å². The summed E-state index contributed by atoms with van der Waals surface area (Å²) in [7, 11) is -1.70. The van der Waals surface area contributed by atoms with Gasteiger partial charge in [0.2, 0.25) is 10.0 Å². The molecule has 2 aromatic carbocycles. The normalized spacial score (nSPS) is 16.7. The number of hydrogen-bond acceptors (Lipinski definition) is 4. The molecule has 1 atom stereocenters. The van der Waals surface area contributed by atoms with Crippen molar-refractivity contribution in [1.82, 2.24) is 14.9 Å². The van der Waals surface area contributed by atoms with Crippen LogP contribution in [0.4, 0.5) is 0 Å². The highest BCUT2D eigenvalue weighted by molar-refractivity contribution is 7.89. The Labute approximate surface area is 189 Å². The van der Waals surface area contributed by atoms with Crippen LogP contribution in [0.2, 0.25) is 10.0 Å². The van der Waals surface area contributed by atoms with Gasteiger partial charge in [0.15, 0.2) is 0 Å². The first-order valence-electron chi connectivity index (χ1n) is 10.3. The molecule has 1 aliphatic rings. The molecule has 0 heterocycles. The van der Waals surface area contributed by atoms with Gasteiger partial charge in [-0.1, -0.05) is 66.7 Å². The Bertz CT molecular complexity index is 919. The summed E-state index contributed by atoms with van der Waals surface area (Å²) >= 11 is 12.3. The number of nitrogens with zero attached hydrogens (tertiary/aromatic N) is 1. The van der Waals surface area contributed by atoms with Crippen molar-refractivity contribution in [1.29, 1.82) is 0 Å². The van der Waals surface area contributed by atoms with E-state index in [1.807, 2.05) is 13.1 Å². The molecule has 1 saturated carbocycles. The molecule has 30 heavy (non-hydrogen) atoms. The summed E-state index contributed by atoms with van der Waals surface area (Å²) in [5, 5.41) is 4.44. The molecule has 8 heteroatoms. The molecule has 0 aliphatic heterocycles. The lowest BCUT2D eigenvalue weighted by atomic mass is 9.96. The van der Waals surface area contributed by atoms with Crippen molar-refractivity contribution in [2.24, 2.45) is 0 Å². The molecular formula is C22H29Cl2N3O2S. The SMILES string of the molecule is CN(CNC1CCCCC1)CC(NS(=O)(=O)c1ccccc1)c1ccc(Cl)c(Cl)c1. The molecule has 2 N–H and O–H groups in total. The quantitative estimate of drug-likeness (QED) is 0.516. The highest BCUT2D eigenvalue weighted by Crippen LogP contribution is 2.27. The Kier molecular flexibility index (Phi) is 8.57. The summed E-state index contributed by atoms with van der Waals surface area (Å²) < 4.78 is 28.7.